The van der Waals surface area contributed by atoms with Crippen LogP contribution in [0.5, 0.6) is 0 Å². The van der Waals surface area contributed by atoms with E-state index in [2.05, 4.69) is 33.8 Å². The van der Waals surface area contributed by atoms with Gasteiger partial charge in [-0.05, 0) is 49.9 Å². The van der Waals surface area contributed by atoms with Crippen LogP contribution in [0.15, 0.2) is 53.4 Å². The lowest BCUT2D eigenvalue weighted by Crippen LogP contribution is -2.48. The Morgan fingerprint density at radius 2 is 1.69 bits per heavy atom. The highest BCUT2D eigenvalue weighted by Gasteiger charge is 2.18. The zero-order valence-electron chi connectivity index (χ0n) is 16.9. The van der Waals surface area contributed by atoms with Crippen molar-refractivity contribution < 1.29 is 8.42 Å². The molecule has 1 unspecified atom stereocenters. The Morgan fingerprint density at radius 1 is 1.03 bits per heavy atom. The van der Waals surface area contributed by atoms with E-state index in [1.54, 1.807) is 18.2 Å². The largest absolute Gasteiger partial charge is 0.309 e. The lowest BCUT2D eigenvalue weighted by Gasteiger charge is -2.34. The molecule has 0 saturated carbocycles. The Kier molecular flexibility index (Phi) is 7.54. The number of hydrogen-bond acceptors (Lipinski definition) is 5. The Bertz CT molecular complexity index is 897. The molecule has 0 radical (unpaired) electrons. The quantitative estimate of drug-likeness (QED) is 0.666. The second kappa shape index (κ2) is 9.91. The van der Waals surface area contributed by atoms with Gasteiger partial charge in [-0.25, -0.2) is 8.42 Å². The lowest BCUT2D eigenvalue weighted by molar-refractivity contribution is 0.144. The minimum atomic E-state index is -3.67. The van der Waals surface area contributed by atoms with Gasteiger partial charge in [-0.15, -0.1) is 0 Å². The van der Waals surface area contributed by atoms with Crippen LogP contribution in [0.3, 0.4) is 0 Å². The van der Waals surface area contributed by atoms with Crippen molar-refractivity contribution in [2.75, 3.05) is 44.5 Å². The summed E-state index contributed by atoms with van der Waals surface area (Å²) in [7, 11) is -1.51. The maximum atomic E-state index is 12.7. The van der Waals surface area contributed by atoms with Crippen LogP contribution in [-0.2, 0) is 16.6 Å². The fourth-order valence-electron chi connectivity index (χ4n) is 3.36. The van der Waals surface area contributed by atoms with E-state index in [4.69, 9.17) is 11.6 Å². The Hall–Kier alpha value is -1.64. The van der Waals surface area contributed by atoms with Gasteiger partial charge in [0.05, 0.1) is 10.6 Å². The van der Waals surface area contributed by atoms with Crippen LogP contribution in [0.4, 0.5) is 5.69 Å². The molecule has 2 N–H and O–H groups in total. The maximum Gasteiger partial charge on any atom is 0.261 e. The second-order valence-electron chi connectivity index (χ2n) is 7.60. The van der Waals surface area contributed by atoms with Crippen LogP contribution in [0.25, 0.3) is 0 Å². The zero-order valence-corrected chi connectivity index (χ0v) is 18.5. The van der Waals surface area contributed by atoms with E-state index in [-0.39, 0.29) is 4.90 Å². The third kappa shape index (κ3) is 6.42. The van der Waals surface area contributed by atoms with Gasteiger partial charge < -0.3 is 10.2 Å². The Morgan fingerprint density at radius 3 is 2.38 bits per heavy atom. The van der Waals surface area contributed by atoms with Crippen LogP contribution in [0, 0.1) is 0 Å². The smallest absolute Gasteiger partial charge is 0.261 e. The molecule has 0 amide bonds. The summed E-state index contributed by atoms with van der Waals surface area (Å²) in [4.78, 5) is 5.00. The molecule has 1 aliphatic rings. The second-order valence-corrected chi connectivity index (χ2v) is 9.72. The van der Waals surface area contributed by atoms with Crippen LogP contribution < -0.4 is 10.0 Å². The van der Waals surface area contributed by atoms with Crippen molar-refractivity contribution in [3.63, 3.8) is 0 Å². The number of benzene rings is 2. The van der Waals surface area contributed by atoms with Crippen molar-refractivity contribution in [3.05, 3.63) is 59.1 Å². The predicted molar refractivity (Wildman–Crippen MR) is 119 cm³/mol. The van der Waals surface area contributed by atoms with Crippen molar-refractivity contribution in [1.82, 2.24) is 15.1 Å². The van der Waals surface area contributed by atoms with Gasteiger partial charge in [0.2, 0.25) is 0 Å². The summed E-state index contributed by atoms with van der Waals surface area (Å²) in [6, 6.07) is 13.9. The number of likely N-dealkylation sites (N-methyl/N-ethyl adjacent to an activating group) is 1. The number of nitrogens with one attached hydrogen (secondary N) is 2. The van der Waals surface area contributed by atoms with E-state index in [0.717, 1.165) is 38.3 Å². The number of para-hydroxylation sites is 1. The van der Waals surface area contributed by atoms with Gasteiger partial charge in [-0.3, -0.25) is 9.62 Å². The number of rotatable bonds is 8. The molecule has 1 heterocycles. The van der Waals surface area contributed by atoms with Crippen molar-refractivity contribution in [1.29, 1.82) is 0 Å². The zero-order chi connectivity index (χ0) is 20.9. The highest BCUT2D eigenvalue weighted by atomic mass is 35.5. The number of piperazine rings is 1. The van der Waals surface area contributed by atoms with Gasteiger partial charge in [0.25, 0.3) is 10.0 Å². The van der Waals surface area contributed by atoms with Gasteiger partial charge >= 0.3 is 0 Å². The van der Waals surface area contributed by atoms with Crippen LogP contribution in [0.1, 0.15) is 12.5 Å². The van der Waals surface area contributed by atoms with Crippen molar-refractivity contribution in [3.8, 4) is 0 Å². The molecule has 158 valence electrons. The Balaban J connectivity index is 1.60. The average molecular weight is 437 g/mol. The molecular formula is C21H29ClN4O2S. The molecule has 0 bridgehead atoms. The van der Waals surface area contributed by atoms with E-state index in [0.29, 0.717) is 23.3 Å². The monoisotopic (exact) mass is 436 g/mol. The van der Waals surface area contributed by atoms with Crippen molar-refractivity contribution in [2.24, 2.45) is 0 Å². The van der Waals surface area contributed by atoms with Gasteiger partial charge in [-0.2, -0.15) is 0 Å². The average Bonchev–Trinajstić information content (AvgIpc) is 2.69. The third-order valence-electron chi connectivity index (χ3n) is 5.15. The van der Waals surface area contributed by atoms with Crippen LogP contribution in [0.2, 0.25) is 5.02 Å². The molecule has 2 aromatic rings. The normalized spacial score (nSPS) is 17.2. The molecular weight excluding hydrogens is 408 g/mol. The van der Waals surface area contributed by atoms with E-state index in [1.165, 1.54) is 12.1 Å². The molecule has 29 heavy (non-hydrogen) atoms. The number of sulfonamides is 1. The predicted octanol–water partition coefficient (Wildman–Crippen LogP) is 2.87. The number of nitrogens with zero attached hydrogens (tertiary/aromatic N) is 2. The lowest BCUT2D eigenvalue weighted by atomic mass is 10.1. The highest BCUT2D eigenvalue weighted by molar-refractivity contribution is 7.92. The first kappa shape index (κ1) is 22.1. The van der Waals surface area contributed by atoms with Gasteiger partial charge in [0.15, 0.2) is 0 Å². The van der Waals surface area contributed by atoms with Gasteiger partial charge in [0.1, 0.15) is 0 Å². The summed E-state index contributed by atoms with van der Waals surface area (Å²) in [5.74, 6) is 0. The maximum absolute atomic E-state index is 12.7. The van der Waals surface area contributed by atoms with E-state index in [1.807, 2.05) is 18.2 Å². The third-order valence-corrected chi connectivity index (χ3v) is 6.79. The summed E-state index contributed by atoms with van der Waals surface area (Å²) in [5.41, 5.74) is 1.50. The summed E-state index contributed by atoms with van der Waals surface area (Å²) in [5, 5.41) is 4.03. The molecule has 0 aromatic heterocycles. The molecule has 1 atom stereocenters. The van der Waals surface area contributed by atoms with Crippen molar-refractivity contribution in [2.45, 2.75) is 24.4 Å². The molecule has 0 aliphatic carbocycles. The van der Waals surface area contributed by atoms with Crippen LogP contribution in [-0.4, -0.2) is 64.0 Å². The standard InChI is InChI=1S/C21H29ClN4O2S/c1-17(16-26-13-11-25(2)12-14-26)23-15-18-5-3-4-6-21(18)24-29(27,28)20-9-7-19(22)8-10-20/h3-10,17,23-24H,11-16H2,1-2H3. The molecule has 3 rings (SSSR count). The van der Waals surface area contributed by atoms with Gasteiger partial charge in [-0.1, -0.05) is 29.8 Å². The fourth-order valence-corrected chi connectivity index (χ4v) is 4.58. The van der Waals surface area contributed by atoms with E-state index >= 15 is 0 Å². The first-order chi connectivity index (χ1) is 13.8. The molecule has 2 aromatic carbocycles. The first-order valence-corrected chi connectivity index (χ1v) is 11.7. The molecule has 1 aliphatic heterocycles. The first-order valence-electron chi connectivity index (χ1n) is 9.84. The topological polar surface area (TPSA) is 64.7 Å². The summed E-state index contributed by atoms with van der Waals surface area (Å²) >= 11 is 5.87. The molecule has 6 nitrogen and oxygen atoms in total. The van der Waals surface area contributed by atoms with Gasteiger partial charge in [0, 0.05) is 50.3 Å². The molecule has 0 spiro atoms. The fraction of sp³-hybridized carbons (Fsp3) is 0.429. The number of hydrogen-bond donors (Lipinski definition) is 2. The number of anilines is 1. The summed E-state index contributed by atoms with van der Waals surface area (Å²) in [6.45, 7) is 8.10. The molecule has 1 fully saturated rings. The van der Waals surface area contributed by atoms with Crippen LogP contribution >= 0.6 is 11.6 Å². The van der Waals surface area contributed by atoms with E-state index < -0.39 is 10.0 Å². The summed E-state index contributed by atoms with van der Waals surface area (Å²) in [6.07, 6.45) is 0. The Labute approximate surface area is 178 Å². The molecule has 8 heteroatoms. The van der Waals surface area contributed by atoms with E-state index in [9.17, 15) is 8.42 Å². The SMILES string of the molecule is CC(CN1CCN(C)CC1)NCc1ccccc1NS(=O)(=O)c1ccc(Cl)cc1. The minimum Gasteiger partial charge on any atom is -0.309 e. The summed E-state index contributed by atoms with van der Waals surface area (Å²) < 4.78 is 28.1. The molecule has 1 saturated heterocycles. The number of halogens is 1. The highest BCUT2D eigenvalue weighted by Crippen LogP contribution is 2.21. The van der Waals surface area contributed by atoms with Crippen molar-refractivity contribution >= 4 is 27.3 Å². The minimum absolute atomic E-state index is 0.188.